The summed E-state index contributed by atoms with van der Waals surface area (Å²) in [5.41, 5.74) is 3.02. The summed E-state index contributed by atoms with van der Waals surface area (Å²) < 4.78 is 7.63. The summed E-state index contributed by atoms with van der Waals surface area (Å²) in [4.78, 5) is 11.6. The molecule has 0 saturated carbocycles. The van der Waals surface area contributed by atoms with E-state index in [9.17, 15) is 4.79 Å². The molecule has 0 spiro atoms. The van der Waals surface area contributed by atoms with Gasteiger partial charge in [-0.3, -0.25) is 9.48 Å². The Labute approximate surface area is 147 Å². The van der Waals surface area contributed by atoms with Crippen LogP contribution in [0.2, 0.25) is 0 Å². The molecule has 0 unspecified atom stereocenters. The average molecular weight is 344 g/mol. The van der Waals surface area contributed by atoms with Crippen molar-refractivity contribution in [3.63, 3.8) is 0 Å². The van der Waals surface area contributed by atoms with Crippen LogP contribution in [-0.4, -0.2) is 39.5 Å². The molecule has 7 nitrogen and oxygen atoms in total. The number of rotatable bonds is 7. The summed E-state index contributed by atoms with van der Waals surface area (Å²) in [7, 11) is 0. The lowest BCUT2D eigenvalue weighted by molar-refractivity contribution is -0.122. The maximum atomic E-state index is 11.6. The summed E-state index contributed by atoms with van der Waals surface area (Å²) in [6.45, 7) is 5.12. The Morgan fingerprint density at radius 1 is 1.44 bits per heavy atom. The number of fused-ring (bicyclic) bond motifs is 1. The number of benzene rings is 1. The fourth-order valence-electron chi connectivity index (χ4n) is 2.96. The zero-order valence-corrected chi connectivity index (χ0v) is 14.6. The van der Waals surface area contributed by atoms with Gasteiger partial charge in [0.2, 0.25) is 5.91 Å². The molecule has 1 aliphatic rings. The van der Waals surface area contributed by atoms with Crippen molar-refractivity contribution in [2.45, 2.75) is 39.0 Å². The van der Waals surface area contributed by atoms with Crippen molar-refractivity contribution in [3.05, 3.63) is 41.7 Å². The highest BCUT2D eigenvalue weighted by Crippen LogP contribution is 2.37. The molecule has 0 atom stereocenters. The number of nitrogens with one attached hydrogen (secondary N) is 2. The molecule has 2 heterocycles. The lowest BCUT2D eigenvalue weighted by Gasteiger charge is -2.18. The van der Waals surface area contributed by atoms with Crippen LogP contribution in [-0.2, 0) is 24.3 Å². The molecule has 7 heteroatoms. The third-order valence-corrected chi connectivity index (χ3v) is 4.03. The van der Waals surface area contributed by atoms with Crippen molar-refractivity contribution in [2.24, 2.45) is 0 Å². The van der Waals surface area contributed by atoms with Gasteiger partial charge in [0, 0.05) is 31.3 Å². The largest absolute Gasteiger partial charge is 0.487 e. The first-order chi connectivity index (χ1) is 12.0. The van der Waals surface area contributed by atoms with Gasteiger partial charge in [0.05, 0.1) is 18.5 Å². The first-order valence-electron chi connectivity index (χ1n) is 8.40. The molecule has 1 aromatic heterocycles. The van der Waals surface area contributed by atoms with Crippen LogP contribution in [0.3, 0.4) is 0 Å². The highest BCUT2D eigenvalue weighted by molar-refractivity contribution is 5.75. The number of anilines is 1. The number of amides is 1. The van der Waals surface area contributed by atoms with Crippen LogP contribution in [0.5, 0.6) is 5.75 Å². The number of carbonyl (C=O) groups is 1. The van der Waals surface area contributed by atoms with Crippen LogP contribution < -0.4 is 15.4 Å². The van der Waals surface area contributed by atoms with Crippen molar-refractivity contribution in [3.8, 4) is 5.75 Å². The van der Waals surface area contributed by atoms with E-state index in [-0.39, 0.29) is 31.2 Å². The van der Waals surface area contributed by atoms with Crippen LogP contribution in [0.1, 0.15) is 25.0 Å². The van der Waals surface area contributed by atoms with Crippen molar-refractivity contribution in [1.82, 2.24) is 15.1 Å². The first kappa shape index (κ1) is 17.3. The summed E-state index contributed by atoms with van der Waals surface area (Å²) in [5.74, 6) is 0.788. The second kappa shape index (κ2) is 7.14. The minimum absolute atomic E-state index is 0.0715. The van der Waals surface area contributed by atoms with Gasteiger partial charge in [0.25, 0.3) is 0 Å². The van der Waals surface area contributed by atoms with Gasteiger partial charge in [-0.05, 0) is 19.4 Å². The lowest BCUT2D eigenvalue weighted by atomic mass is 10.0. The van der Waals surface area contributed by atoms with Gasteiger partial charge in [0.1, 0.15) is 17.9 Å². The van der Waals surface area contributed by atoms with Gasteiger partial charge in [-0.15, -0.1) is 0 Å². The fourth-order valence-corrected chi connectivity index (χ4v) is 2.96. The van der Waals surface area contributed by atoms with Gasteiger partial charge >= 0.3 is 0 Å². The van der Waals surface area contributed by atoms with E-state index in [0.29, 0.717) is 6.54 Å². The van der Waals surface area contributed by atoms with Crippen LogP contribution in [0, 0.1) is 0 Å². The zero-order chi connectivity index (χ0) is 17.9. The number of carbonyl (C=O) groups excluding carboxylic acids is 1. The summed E-state index contributed by atoms with van der Waals surface area (Å²) in [6.07, 6.45) is 4.39. The van der Waals surface area contributed by atoms with E-state index in [1.807, 2.05) is 0 Å². The number of para-hydroxylation sites is 1. The average Bonchev–Trinajstić information content (AvgIpc) is 3.13. The zero-order valence-electron chi connectivity index (χ0n) is 14.6. The van der Waals surface area contributed by atoms with Crippen molar-refractivity contribution in [1.29, 1.82) is 0 Å². The molecule has 25 heavy (non-hydrogen) atoms. The minimum atomic E-state index is -0.180. The number of aromatic nitrogens is 2. The number of hydrogen-bond donors (Lipinski definition) is 3. The Kier molecular flexibility index (Phi) is 4.94. The molecule has 2 aromatic rings. The van der Waals surface area contributed by atoms with E-state index < -0.39 is 0 Å². The van der Waals surface area contributed by atoms with Gasteiger partial charge < -0.3 is 20.5 Å². The smallest absolute Gasteiger partial charge is 0.241 e. The van der Waals surface area contributed by atoms with E-state index in [2.05, 4.69) is 47.8 Å². The van der Waals surface area contributed by atoms with Crippen LogP contribution in [0.15, 0.2) is 30.6 Å². The molecular formula is C18H24N4O3. The molecule has 0 fully saturated rings. The predicted octanol–water partition coefficient (Wildman–Crippen LogP) is 1.32. The number of hydrogen-bond acceptors (Lipinski definition) is 5. The van der Waals surface area contributed by atoms with Crippen molar-refractivity contribution in [2.75, 3.05) is 18.5 Å². The normalized spacial score (nSPS) is 14.7. The van der Waals surface area contributed by atoms with Gasteiger partial charge in [-0.1, -0.05) is 18.2 Å². The fraction of sp³-hybridized carbons (Fsp3) is 0.444. The molecule has 3 rings (SSSR count). The minimum Gasteiger partial charge on any atom is -0.487 e. The number of nitrogens with zero attached hydrogens (tertiary/aromatic N) is 2. The maximum absolute atomic E-state index is 11.6. The Morgan fingerprint density at radius 2 is 2.28 bits per heavy atom. The van der Waals surface area contributed by atoms with Crippen molar-refractivity contribution < 1.29 is 14.6 Å². The van der Waals surface area contributed by atoms with E-state index >= 15 is 0 Å². The Balaban J connectivity index is 1.59. The van der Waals surface area contributed by atoms with E-state index in [1.54, 1.807) is 17.1 Å². The summed E-state index contributed by atoms with van der Waals surface area (Å²) >= 11 is 0. The van der Waals surface area contributed by atoms with Gasteiger partial charge in [-0.25, -0.2) is 0 Å². The quantitative estimate of drug-likeness (QED) is 0.705. The van der Waals surface area contributed by atoms with Crippen LogP contribution in [0.25, 0.3) is 0 Å². The van der Waals surface area contributed by atoms with Crippen LogP contribution >= 0.6 is 0 Å². The molecule has 0 aliphatic carbocycles. The number of ether oxygens (including phenoxy) is 1. The number of aliphatic hydroxyl groups excluding tert-OH is 1. The number of aliphatic hydroxyl groups is 1. The Bertz CT molecular complexity index is 755. The molecule has 1 aliphatic heterocycles. The molecule has 0 bridgehead atoms. The van der Waals surface area contributed by atoms with Gasteiger partial charge in [0.15, 0.2) is 0 Å². The Hall–Kier alpha value is -2.54. The van der Waals surface area contributed by atoms with E-state index in [1.165, 1.54) is 5.56 Å². The first-order valence-corrected chi connectivity index (χ1v) is 8.40. The third-order valence-electron chi connectivity index (χ3n) is 4.03. The molecule has 3 N–H and O–H groups in total. The monoisotopic (exact) mass is 344 g/mol. The second-order valence-electron chi connectivity index (χ2n) is 6.80. The Morgan fingerprint density at radius 3 is 3.08 bits per heavy atom. The molecule has 0 saturated heterocycles. The molecular weight excluding hydrogens is 320 g/mol. The highest BCUT2D eigenvalue weighted by Gasteiger charge is 2.31. The highest BCUT2D eigenvalue weighted by atomic mass is 16.5. The molecule has 1 aromatic carbocycles. The molecule has 1 amide bonds. The van der Waals surface area contributed by atoms with E-state index in [0.717, 1.165) is 23.4 Å². The summed E-state index contributed by atoms with van der Waals surface area (Å²) in [5, 5.41) is 18.8. The molecule has 134 valence electrons. The van der Waals surface area contributed by atoms with E-state index in [4.69, 9.17) is 9.84 Å². The maximum Gasteiger partial charge on any atom is 0.241 e. The van der Waals surface area contributed by atoms with Gasteiger partial charge in [-0.2, -0.15) is 5.10 Å². The molecule has 0 radical (unpaired) electrons. The third kappa shape index (κ3) is 4.30. The predicted molar refractivity (Wildman–Crippen MR) is 94.5 cm³/mol. The second-order valence-corrected chi connectivity index (χ2v) is 6.80. The topological polar surface area (TPSA) is 88.4 Å². The standard InChI is InChI=1S/C18H24N4O3/c1-18(2)8-13-4-3-5-14(17(13)25-18)9-20-15-10-21-22(11-15)12-16(24)19-6-7-23/h3-5,10-11,20,23H,6-9,12H2,1-2H3,(H,19,24). The lowest BCUT2D eigenvalue weighted by Crippen LogP contribution is -2.30. The SMILES string of the molecule is CC1(C)Cc2cccc(CNc3cnn(CC(=O)NCCO)c3)c2O1. The summed E-state index contributed by atoms with van der Waals surface area (Å²) in [6, 6.07) is 6.21. The van der Waals surface area contributed by atoms with Crippen molar-refractivity contribution >= 4 is 11.6 Å². The van der Waals surface area contributed by atoms with Crippen LogP contribution in [0.4, 0.5) is 5.69 Å².